The highest BCUT2D eigenvalue weighted by Crippen LogP contribution is 2.38. The number of ether oxygens (including phenoxy) is 2. The van der Waals surface area contributed by atoms with E-state index in [1.54, 1.807) is 6.92 Å². The van der Waals surface area contributed by atoms with Gasteiger partial charge < -0.3 is 19.7 Å². The van der Waals surface area contributed by atoms with Gasteiger partial charge in [-0.2, -0.15) is 0 Å². The molecule has 0 unspecified atom stereocenters. The molecule has 0 radical (unpaired) electrons. The molecule has 0 spiro atoms. The van der Waals surface area contributed by atoms with Gasteiger partial charge in [0.1, 0.15) is 11.5 Å². The molecule has 2 N–H and O–H groups in total. The number of amidine groups is 1. The van der Waals surface area contributed by atoms with Gasteiger partial charge in [0.2, 0.25) is 0 Å². The van der Waals surface area contributed by atoms with E-state index in [1.165, 1.54) is 16.7 Å². The van der Waals surface area contributed by atoms with E-state index in [1.807, 2.05) is 30.3 Å². The Balaban J connectivity index is 1.66. The third kappa shape index (κ3) is 4.14. The Bertz CT molecular complexity index is 627. The molecule has 0 aromatic heterocycles. The van der Waals surface area contributed by atoms with Crippen molar-refractivity contribution in [3.05, 3.63) is 35.9 Å². The van der Waals surface area contributed by atoms with Crippen LogP contribution in [-0.2, 0) is 16.1 Å². The molecule has 1 aromatic rings. The third-order valence-electron chi connectivity index (χ3n) is 4.27. The van der Waals surface area contributed by atoms with Gasteiger partial charge in [0, 0.05) is 13.0 Å². The quantitative estimate of drug-likeness (QED) is 0.830. The molecular formula is C17H22N2O5S. The zero-order valence-electron chi connectivity index (χ0n) is 13.9. The Labute approximate surface area is 150 Å². The maximum absolute atomic E-state index is 11.3. The van der Waals surface area contributed by atoms with Crippen LogP contribution in [0, 0.1) is 0 Å². The monoisotopic (exact) mass is 366 g/mol. The summed E-state index contributed by atoms with van der Waals surface area (Å²) in [6.45, 7) is 2.39. The van der Waals surface area contributed by atoms with Crippen molar-refractivity contribution in [2.45, 2.75) is 43.6 Å². The lowest BCUT2D eigenvalue weighted by Gasteiger charge is -2.36. The second-order valence-corrected chi connectivity index (χ2v) is 6.99. The van der Waals surface area contributed by atoms with Crippen LogP contribution in [0.25, 0.3) is 0 Å². The first-order valence-electron chi connectivity index (χ1n) is 8.29. The number of nitrogens with zero attached hydrogens (tertiary/aromatic N) is 2. The van der Waals surface area contributed by atoms with Crippen LogP contribution in [0.15, 0.2) is 35.3 Å². The summed E-state index contributed by atoms with van der Waals surface area (Å²) in [5.74, 6) is 0. The Morgan fingerprint density at radius 1 is 1.44 bits per heavy atom. The number of aliphatic imine (C=N–C) groups is 1. The number of rotatable bonds is 5. The van der Waals surface area contributed by atoms with Crippen molar-refractivity contribution in [2.24, 2.45) is 4.99 Å². The summed E-state index contributed by atoms with van der Waals surface area (Å²) in [5, 5.41) is 19.3. The van der Waals surface area contributed by atoms with Crippen molar-refractivity contribution >= 4 is 23.0 Å². The number of amides is 1. The smallest absolute Gasteiger partial charge is 0.413 e. The van der Waals surface area contributed by atoms with Gasteiger partial charge in [0.05, 0.1) is 25.4 Å². The highest BCUT2D eigenvalue weighted by Gasteiger charge is 2.44. The summed E-state index contributed by atoms with van der Waals surface area (Å²) >= 11 is 1.30. The Kier molecular flexibility index (Phi) is 5.95. The van der Waals surface area contributed by atoms with Crippen LogP contribution in [0.5, 0.6) is 0 Å². The normalized spacial score (nSPS) is 28.3. The van der Waals surface area contributed by atoms with Gasteiger partial charge in [-0.05, 0) is 12.5 Å². The van der Waals surface area contributed by atoms with Crippen LogP contribution in [0.4, 0.5) is 4.79 Å². The standard InChI is InChI=1S/C17H22N2O5S/c1-2-19(17(21)22)16-18-12-8-13(14(9-20)24-15(12)25-16)23-10-11-6-4-3-5-7-11/h3-7,12-15,20H,2,8-10H2,1H3,(H,21,22)/t12-,13+,14-,15-/m1/s1. The molecule has 1 saturated heterocycles. The number of hydrogen-bond donors (Lipinski definition) is 2. The predicted octanol–water partition coefficient (Wildman–Crippen LogP) is 2.15. The Hall–Kier alpha value is -1.61. The molecule has 2 aliphatic rings. The first kappa shape index (κ1) is 18.2. The average molecular weight is 366 g/mol. The molecule has 0 saturated carbocycles. The molecule has 7 nitrogen and oxygen atoms in total. The average Bonchev–Trinajstić information content (AvgIpc) is 3.02. The zero-order valence-corrected chi connectivity index (χ0v) is 14.8. The largest absolute Gasteiger partial charge is 0.465 e. The number of aliphatic hydroxyl groups is 1. The van der Waals surface area contributed by atoms with Crippen molar-refractivity contribution in [2.75, 3.05) is 13.2 Å². The Morgan fingerprint density at radius 2 is 2.20 bits per heavy atom. The van der Waals surface area contributed by atoms with E-state index in [4.69, 9.17) is 9.47 Å². The summed E-state index contributed by atoms with van der Waals surface area (Å²) in [4.78, 5) is 17.0. The van der Waals surface area contributed by atoms with E-state index in [9.17, 15) is 15.0 Å². The lowest BCUT2D eigenvalue weighted by molar-refractivity contribution is -0.140. The van der Waals surface area contributed by atoms with Gasteiger partial charge in [0.15, 0.2) is 5.17 Å². The molecular weight excluding hydrogens is 344 g/mol. The van der Waals surface area contributed by atoms with Crippen LogP contribution >= 0.6 is 11.8 Å². The minimum absolute atomic E-state index is 0.144. The van der Waals surface area contributed by atoms with Crippen molar-refractivity contribution in [1.29, 1.82) is 0 Å². The maximum atomic E-state index is 11.3. The number of carbonyl (C=O) groups is 1. The lowest BCUT2D eigenvalue weighted by atomic mass is 10.0. The summed E-state index contributed by atoms with van der Waals surface area (Å²) < 4.78 is 11.9. The van der Waals surface area contributed by atoms with Crippen molar-refractivity contribution in [1.82, 2.24) is 4.90 Å². The van der Waals surface area contributed by atoms with Crippen LogP contribution in [0.2, 0.25) is 0 Å². The highest BCUT2D eigenvalue weighted by molar-refractivity contribution is 8.14. The molecule has 8 heteroatoms. The fourth-order valence-electron chi connectivity index (χ4n) is 2.95. The molecule has 1 fully saturated rings. The molecule has 2 heterocycles. The zero-order chi connectivity index (χ0) is 17.8. The number of thioether (sulfide) groups is 1. The van der Waals surface area contributed by atoms with E-state index in [0.29, 0.717) is 24.7 Å². The van der Waals surface area contributed by atoms with Gasteiger partial charge >= 0.3 is 6.09 Å². The van der Waals surface area contributed by atoms with Gasteiger partial charge in [-0.15, -0.1) is 0 Å². The maximum Gasteiger partial charge on any atom is 0.413 e. The first-order chi connectivity index (χ1) is 12.1. The predicted molar refractivity (Wildman–Crippen MR) is 94.6 cm³/mol. The SMILES string of the molecule is CCN(C(=O)O)C1=N[C@@H]2C[C@H](OCc3ccccc3)[C@@H](CO)O[C@@H]2S1. The van der Waals surface area contributed by atoms with E-state index in [-0.39, 0.29) is 24.2 Å². The van der Waals surface area contributed by atoms with Crippen LogP contribution < -0.4 is 0 Å². The fourth-order valence-corrected chi connectivity index (χ4v) is 4.21. The number of aliphatic hydroxyl groups excluding tert-OH is 1. The second kappa shape index (κ2) is 8.18. The van der Waals surface area contributed by atoms with Gasteiger partial charge in [-0.25, -0.2) is 4.79 Å². The third-order valence-corrected chi connectivity index (χ3v) is 5.47. The molecule has 0 aliphatic carbocycles. The summed E-state index contributed by atoms with van der Waals surface area (Å²) in [6.07, 6.45) is -1.15. The molecule has 136 valence electrons. The van der Waals surface area contributed by atoms with Crippen LogP contribution in [-0.4, -0.2) is 63.2 Å². The molecule has 0 bridgehead atoms. The minimum Gasteiger partial charge on any atom is -0.465 e. The van der Waals surface area contributed by atoms with Gasteiger partial charge in [0.25, 0.3) is 0 Å². The number of hydrogen-bond acceptors (Lipinski definition) is 6. The molecule has 3 rings (SSSR count). The highest BCUT2D eigenvalue weighted by atomic mass is 32.2. The molecule has 4 atom stereocenters. The Morgan fingerprint density at radius 3 is 2.84 bits per heavy atom. The number of benzene rings is 1. The molecule has 1 aromatic carbocycles. The molecule has 1 amide bonds. The molecule has 25 heavy (non-hydrogen) atoms. The summed E-state index contributed by atoms with van der Waals surface area (Å²) in [5.41, 5.74) is 0.770. The van der Waals surface area contributed by atoms with Crippen molar-refractivity contribution < 1.29 is 24.5 Å². The minimum atomic E-state index is -1.03. The summed E-state index contributed by atoms with van der Waals surface area (Å²) in [7, 11) is 0. The van der Waals surface area contributed by atoms with Crippen LogP contribution in [0.3, 0.4) is 0 Å². The van der Waals surface area contributed by atoms with Gasteiger partial charge in [-0.1, -0.05) is 42.1 Å². The van der Waals surface area contributed by atoms with E-state index in [2.05, 4.69) is 4.99 Å². The van der Waals surface area contributed by atoms with Crippen LogP contribution in [0.1, 0.15) is 18.9 Å². The van der Waals surface area contributed by atoms with E-state index in [0.717, 1.165) is 5.56 Å². The lowest BCUT2D eigenvalue weighted by Crippen LogP contribution is -2.46. The number of carboxylic acid groups (broad SMARTS) is 1. The van der Waals surface area contributed by atoms with E-state index < -0.39 is 12.2 Å². The van der Waals surface area contributed by atoms with Crippen molar-refractivity contribution in [3.8, 4) is 0 Å². The first-order valence-corrected chi connectivity index (χ1v) is 9.17. The number of fused-ring (bicyclic) bond motifs is 1. The fraction of sp³-hybridized carbons (Fsp3) is 0.529. The summed E-state index contributed by atoms with van der Waals surface area (Å²) in [6, 6.07) is 9.64. The second-order valence-electron chi connectivity index (χ2n) is 5.92. The van der Waals surface area contributed by atoms with E-state index >= 15 is 0 Å². The molecule has 2 aliphatic heterocycles. The van der Waals surface area contributed by atoms with Gasteiger partial charge in [-0.3, -0.25) is 9.89 Å². The van der Waals surface area contributed by atoms with Crippen molar-refractivity contribution in [3.63, 3.8) is 0 Å². The topological polar surface area (TPSA) is 91.6 Å².